The predicted molar refractivity (Wildman–Crippen MR) is 165 cm³/mol. The highest BCUT2D eigenvalue weighted by Crippen LogP contribution is 2.55. The summed E-state index contributed by atoms with van der Waals surface area (Å²) in [5.41, 5.74) is 7.96. The van der Waals surface area contributed by atoms with Gasteiger partial charge in [-0.2, -0.15) is 0 Å². The first-order valence-corrected chi connectivity index (χ1v) is 13.9. The van der Waals surface area contributed by atoms with E-state index in [0.29, 0.717) is 17.5 Å². The van der Waals surface area contributed by atoms with Gasteiger partial charge in [-0.3, -0.25) is 0 Å². The summed E-state index contributed by atoms with van der Waals surface area (Å²) in [7, 11) is 0. The van der Waals surface area contributed by atoms with Crippen LogP contribution in [0.25, 0.3) is 56.1 Å². The van der Waals surface area contributed by atoms with Gasteiger partial charge in [-0.1, -0.05) is 137 Å². The number of hydrogen-bond donors (Lipinski definition) is 0. The number of aromatic nitrogens is 3. The molecule has 0 radical (unpaired) electrons. The lowest BCUT2D eigenvalue weighted by Gasteiger charge is -2.49. The highest BCUT2D eigenvalue weighted by molar-refractivity contribution is 5.87. The molecule has 0 saturated heterocycles. The SMILES string of the molecule is CC1(C)c2ccccc2-c2cccc(-c3nc(-c4ccccc4)nc(-c4ccc5ccccc5c4)n3)c2C1(C)C. The van der Waals surface area contributed by atoms with Crippen LogP contribution in [0.4, 0.5) is 0 Å². The number of rotatable bonds is 3. The van der Waals surface area contributed by atoms with E-state index in [1.54, 1.807) is 0 Å². The van der Waals surface area contributed by atoms with Gasteiger partial charge in [0, 0.05) is 22.1 Å². The first-order chi connectivity index (χ1) is 19.3. The average molecular weight is 518 g/mol. The van der Waals surface area contributed by atoms with Crippen molar-refractivity contribution in [2.45, 2.75) is 38.5 Å². The molecule has 1 heterocycles. The van der Waals surface area contributed by atoms with E-state index in [-0.39, 0.29) is 10.8 Å². The van der Waals surface area contributed by atoms with Crippen molar-refractivity contribution in [3.63, 3.8) is 0 Å². The van der Waals surface area contributed by atoms with Crippen LogP contribution in [-0.2, 0) is 10.8 Å². The maximum atomic E-state index is 5.16. The minimum atomic E-state index is -0.171. The number of hydrogen-bond acceptors (Lipinski definition) is 3. The zero-order valence-electron chi connectivity index (χ0n) is 23.3. The third-order valence-corrected chi connectivity index (χ3v) is 9.06. The second kappa shape index (κ2) is 8.96. The highest BCUT2D eigenvalue weighted by Gasteiger charge is 2.47. The van der Waals surface area contributed by atoms with Crippen molar-refractivity contribution in [3.05, 3.63) is 126 Å². The second-order valence-corrected chi connectivity index (χ2v) is 11.8. The lowest BCUT2D eigenvalue weighted by molar-refractivity contribution is 0.300. The molecule has 5 aromatic carbocycles. The molecule has 3 heteroatoms. The fourth-order valence-corrected chi connectivity index (χ4v) is 6.22. The molecule has 0 fully saturated rings. The highest BCUT2D eigenvalue weighted by atomic mass is 15.0. The molecule has 3 nitrogen and oxygen atoms in total. The van der Waals surface area contributed by atoms with Crippen LogP contribution in [0, 0.1) is 0 Å². The van der Waals surface area contributed by atoms with Gasteiger partial charge in [-0.25, -0.2) is 15.0 Å². The van der Waals surface area contributed by atoms with Crippen LogP contribution in [0.5, 0.6) is 0 Å². The molecule has 0 atom stereocenters. The average Bonchev–Trinajstić information content (AvgIpc) is 3.00. The van der Waals surface area contributed by atoms with E-state index >= 15 is 0 Å². The summed E-state index contributed by atoms with van der Waals surface area (Å²) in [5, 5.41) is 2.36. The maximum Gasteiger partial charge on any atom is 0.164 e. The van der Waals surface area contributed by atoms with Crippen LogP contribution in [0.3, 0.4) is 0 Å². The van der Waals surface area contributed by atoms with E-state index in [0.717, 1.165) is 16.7 Å². The van der Waals surface area contributed by atoms with Gasteiger partial charge in [-0.05, 0) is 44.5 Å². The van der Waals surface area contributed by atoms with Gasteiger partial charge in [0.2, 0.25) is 0 Å². The molecule has 0 aliphatic heterocycles. The summed E-state index contributed by atoms with van der Waals surface area (Å²) in [6, 6.07) is 40.4. The number of nitrogens with zero attached hydrogens (tertiary/aromatic N) is 3. The zero-order chi connectivity index (χ0) is 27.5. The van der Waals surface area contributed by atoms with Gasteiger partial charge in [0.25, 0.3) is 0 Å². The Bertz CT molecular complexity index is 1900. The van der Waals surface area contributed by atoms with Gasteiger partial charge < -0.3 is 0 Å². The third-order valence-electron chi connectivity index (χ3n) is 9.06. The van der Waals surface area contributed by atoms with Crippen molar-refractivity contribution in [1.82, 2.24) is 15.0 Å². The molecular weight excluding hydrogens is 486 g/mol. The Morgan fingerprint density at radius 3 is 1.82 bits per heavy atom. The molecule has 1 aromatic heterocycles. The normalized spacial score (nSPS) is 14.9. The quantitative estimate of drug-likeness (QED) is 0.235. The molecule has 0 amide bonds. The summed E-state index contributed by atoms with van der Waals surface area (Å²) in [5.74, 6) is 2.07. The zero-order valence-corrected chi connectivity index (χ0v) is 23.3. The second-order valence-electron chi connectivity index (χ2n) is 11.8. The van der Waals surface area contributed by atoms with Crippen molar-refractivity contribution >= 4 is 10.8 Å². The van der Waals surface area contributed by atoms with Crippen LogP contribution in [0.2, 0.25) is 0 Å². The summed E-state index contributed by atoms with van der Waals surface area (Å²) in [4.78, 5) is 15.3. The Labute approximate surface area is 235 Å². The molecule has 0 saturated carbocycles. The largest absolute Gasteiger partial charge is 0.208 e. The summed E-state index contributed by atoms with van der Waals surface area (Å²) < 4.78 is 0. The molecule has 1 aliphatic carbocycles. The van der Waals surface area contributed by atoms with Crippen molar-refractivity contribution in [3.8, 4) is 45.3 Å². The molecule has 0 spiro atoms. The minimum absolute atomic E-state index is 0.0941. The van der Waals surface area contributed by atoms with E-state index in [2.05, 4.69) is 125 Å². The van der Waals surface area contributed by atoms with E-state index in [1.165, 1.54) is 33.0 Å². The summed E-state index contributed by atoms with van der Waals surface area (Å²) >= 11 is 0. The topological polar surface area (TPSA) is 38.7 Å². The fourth-order valence-electron chi connectivity index (χ4n) is 6.22. The van der Waals surface area contributed by atoms with Crippen LogP contribution in [0.15, 0.2) is 115 Å². The Kier molecular flexibility index (Phi) is 5.47. The van der Waals surface area contributed by atoms with Crippen LogP contribution in [-0.4, -0.2) is 15.0 Å². The number of fused-ring (bicyclic) bond motifs is 4. The van der Waals surface area contributed by atoms with Gasteiger partial charge in [0.1, 0.15) is 0 Å². The van der Waals surface area contributed by atoms with E-state index in [9.17, 15) is 0 Å². The molecular formula is C37H31N3. The Balaban J connectivity index is 1.51. The molecule has 40 heavy (non-hydrogen) atoms. The smallest absolute Gasteiger partial charge is 0.164 e. The first-order valence-electron chi connectivity index (χ1n) is 13.9. The van der Waals surface area contributed by atoms with Gasteiger partial charge in [0.15, 0.2) is 17.5 Å². The molecule has 7 rings (SSSR count). The van der Waals surface area contributed by atoms with E-state index in [1.807, 2.05) is 18.2 Å². The molecule has 0 bridgehead atoms. The van der Waals surface area contributed by atoms with E-state index < -0.39 is 0 Å². The van der Waals surface area contributed by atoms with Gasteiger partial charge in [-0.15, -0.1) is 0 Å². The monoisotopic (exact) mass is 517 g/mol. The van der Waals surface area contributed by atoms with Crippen LogP contribution >= 0.6 is 0 Å². The fraction of sp³-hybridized carbons (Fsp3) is 0.162. The minimum Gasteiger partial charge on any atom is -0.208 e. The van der Waals surface area contributed by atoms with Crippen molar-refractivity contribution < 1.29 is 0 Å². The summed E-state index contributed by atoms with van der Waals surface area (Å²) in [6.45, 7) is 9.42. The third kappa shape index (κ3) is 3.69. The molecule has 1 aliphatic rings. The van der Waals surface area contributed by atoms with Crippen LogP contribution in [0.1, 0.15) is 38.8 Å². The summed E-state index contributed by atoms with van der Waals surface area (Å²) in [6.07, 6.45) is 0. The van der Waals surface area contributed by atoms with E-state index in [4.69, 9.17) is 15.0 Å². The molecule has 194 valence electrons. The lowest BCUT2D eigenvalue weighted by atomic mass is 9.54. The number of benzene rings is 5. The van der Waals surface area contributed by atoms with Crippen molar-refractivity contribution in [1.29, 1.82) is 0 Å². The Morgan fingerprint density at radius 1 is 0.425 bits per heavy atom. The van der Waals surface area contributed by atoms with Gasteiger partial charge in [0.05, 0.1) is 0 Å². The van der Waals surface area contributed by atoms with Crippen molar-refractivity contribution in [2.75, 3.05) is 0 Å². The maximum absolute atomic E-state index is 5.16. The molecule has 0 unspecified atom stereocenters. The van der Waals surface area contributed by atoms with Crippen LogP contribution < -0.4 is 0 Å². The molecule has 0 N–H and O–H groups in total. The first kappa shape index (κ1) is 24.4. The Hall–Kier alpha value is -4.63. The molecule has 6 aromatic rings. The predicted octanol–water partition coefficient (Wildman–Crippen LogP) is 9.26. The van der Waals surface area contributed by atoms with Crippen molar-refractivity contribution in [2.24, 2.45) is 0 Å². The standard InChI is InChI=1S/C37H31N3/c1-36(2)31-20-11-10-17-28(31)29-18-12-19-30(32(29)37(36,3)4)35-39-33(25-14-6-5-7-15-25)38-34(40-35)27-22-21-24-13-8-9-16-26(24)23-27/h5-23H,1-4H3. The Morgan fingerprint density at radius 2 is 1.02 bits per heavy atom. The van der Waals surface area contributed by atoms with Gasteiger partial charge >= 0.3 is 0 Å². The lowest BCUT2D eigenvalue weighted by Crippen LogP contribution is -2.44.